The van der Waals surface area contributed by atoms with Crippen molar-refractivity contribution in [3.05, 3.63) is 0 Å². The fourth-order valence-electron chi connectivity index (χ4n) is 1.82. The van der Waals surface area contributed by atoms with E-state index < -0.39 is 0 Å². The van der Waals surface area contributed by atoms with Gasteiger partial charge >= 0.3 is 0 Å². The summed E-state index contributed by atoms with van der Waals surface area (Å²) < 4.78 is 5.01. The molecule has 1 fully saturated rings. The van der Waals surface area contributed by atoms with E-state index in [1.807, 2.05) is 0 Å². The maximum absolute atomic E-state index is 5.81. The molecule has 1 heterocycles. The summed E-state index contributed by atoms with van der Waals surface area (Å²) in [5.74, 6) is 1.57. The average Bonchev–Trinajstić information content (AvgIpc) is 2.60. The van der Waals surface area contributed by atoms with Crippen LogP contribution < -0.4 is 0 Å². The van der Waals surface area contributed by atoms with Gasteiger partial charge in [0.1, 0.15) is 0 Å². The number of hydrogen-bond acceptors (Lipinski definition) is 2. The number of halogens is 1. The topological polar surface area (TPSA) is 12.5 Å². The van der Waals surface area contributed by atoms with Gasteiger partial charge in [0, 0.05) is 26.1 Å². The Morgan fingerprint density at radius 1 is 1.46 bits per heavy atom. The van der Waals surface area contributed by atoms with Gasteiger partial charge in [-0.3, -0.25) is 0 Å². The van der Waals surface area contributed by atoms with Crippen molar-refractivity contribution < 1.29 is 4.74 Å². The number of ether oxygens (including phenoxy) is 1. The van der Waals surface area contributed by atoms with Crippen molar-refractivity contribution in [1.29, 1.82) is 0 Å². The summed E-state index contributed by atoms with van der Waals surface area (Å²) in [6.07, 6.45) is 3.72. The Labute approximate surface area is 86.2 Å². The Morgan fingerprint density at radius 3 is 2.92 bits per heavy atom. The normalized spacial score (nSPS) is 24.0. The molecule has 0 amide bonds. The van der Waals surface area contributed by atoms with Gasteiger partial charge in [0.2, 0.25) is 0 Å². The van der Waals surface area contributed by atoms with Crippen LogP contribution in [0, 0.1) is 5.92 Å². The Bertz CT molecular complexity index is 132. The second-order valence-electron chi connectivity index (χ2n) is 3.81. The molecule has 1 aliphatic rings. The molecule has 0 N–H and O–H groups in total. The first-order chi connectivity index (χ1) is 6.36. The molecule has 0 aromatic carbocycles. The quantitative estimate of drug-likeness (QED) is 0.486. The smallest absolute Gasteiger partial charge is 0.0462 e. The van der Waals surface area contributed by atoms with E-state index in [2.05, 4.69) is 4.90 Å². The van der Waals surface area contributed by atoms with E-state index in [-0.39, 0.29) is 0 Å². The number of rotatable bonds is 6. The molecule has 1 atom stereocenters. The second kappa shape index (κ2) is 6.63. The number of alkyl halides is 1. The molecule has 0 aromatic heterocycles. The maximum Gasteiger partial charge on any atom is 0.0462 e. The zero-order chi connectivity index (χ0) is 9.52. The fourth-order valence-corrected chi connectivity index (χ4v) is 2.08. The van der Waals surface area contributed by atoms with Crippen LogP contribution >= 0.6 is 11.6 Å². The Balaban J connectivity index is 1.97. The van der Waals surface area contributed by atoms with Gasteiger partial charge in [-0.05, 0) is 38.3 Å². The Hall–Kier alpha value is 0.210. The molecule has 78 valence electrons. The lowest BCUT2D eigenvalue weighted by Crippen LogP contribution is -2.22. The molecule has 13 heavy (non-hydrogen) atoms. The highest BCUT2D eigenvalue weighted by Crippen LogP contribution is 2.17. The molecule has 0 saturated carbocycles. The Kier molecular flexibility index (Phi) is 5.76. The van der Waals surface area contributed by atoms with Crippen molar-refractivity contribution in [2.24, 2.45) is 5.92 Å². The minimum Gasteiger partial charge on any atom is -0.385 e. The number of likely N-dealkylation sites (tertiary alicyclic amines) is 1. The van der Waals surface area contributed by atoms with E-state index >= 15 is 0 Å². The predicted octanol–water partition coefficient (Wildman–Crippen LogP) is 1.97. The van der Waals surface area contributed by atoms with Gasteiger partial charge in [-0.2, -0.15) is 0 Å². The van der Waals surface area contributed by atoms with Crippen LogP contribution in [0.25, 0.3) is 0 Å². The van der Waals surface area contributed by atoms with Gasteiger partial charge in [0.25, 0.3) is 0 Å². The molecule has 1 unspecified atom stereocenters. The van der Waals surface area contributed by atoms with Crippen molar-refractivity contribution in [3.8, 4) is 0 Å². The number of unbranched alkanes of at least 4 members (excludes halogenated alkanes) is 1. The first-order valence-electron chi connectivity index (χ1n) is 5.14. The third kappa shape index (κ3) is 4.30. The lowest BCUT2D eigenvalue weighted by atomic mass is 10.2. The summed E-state index contributed by atoms with van der Waals surface area (Å²) in [7, 11) is 1.76. The van der Waals surface area contributed by atoms with Crippen LogP contribution in [0.4, 0.5) is 0 Å². The van der Waals surface area contributed by atoms with Crippen LogP contribution in [0.2, 0.25) is 0 Å². The van der Waals surface area contributed by atoms with Gasteiger partial charge < -0.3 is 9.64 Å². The van der Waals surface area contributed by atoms with E-state index in [1.165, 1.54) is 38.9 Å². The van der Waals surface area contributed by atoms with E-state index in [0.717, 1.165) is 18.4 Å². The van der Waals surface area contributed by atoms with Crippen LogP contribution in [0.3, 0.4) is 0 Å². The third-order valence-corrected chi connectivity index (χ3v) is 3.10. The van der Waals surface area contributed by atoms with Crippen molar-refractivity contribution in [1.82, 2.24) is 4.90 Å². The molecule has 0 radical (unpaired) electrons. The van der Waals surface area contributed by atoms with E-state index in [0.29, 0.717) is 0 Å². The molecular weight excluding hydrogens is 186 g/mol. The molecule has 0 aromatic rings. The molecule has 2 nitrogen and oxygen atoms in total. The molecule has 0 aliphatic carbocycles. The van der Waals surface area contributed by atoms with Gasteiger partial charge in [0.05, 0.1) is 0 Å². The van der Waals surface area contributed by atoms with Crippen LogP contribution in [-0.2, 0) is 4.74 Å². The number of nitrogens with zero attached hydrogens (tertiary/aromatic N) is 1. The summed E-state index contributed by atoms with van der Waals surface area (Å²) >= 11 is 5.81. The Morgan fingerprint density at radius 2 is 2.31 bits per heavy atom. The molecule has 1 saturated heterocycles. The SMILES string of the molecule is COCCCCN1CCC(CCl)C1. The molecule has 0 spiro atoms. The zero-order valence-electron chi connectivity index (χ0n) is 8.47. The minimum atomic E-state index is 0.740. The fraction of sp³-hybridized carbons (Fsp3) is 1.00. The lowest BCUT2D eigenvalue weighted by Gasteiger charge is -2.14. The third-order valence-electron chi connectivity index (χ3n) is 2.66. The largest absolute Gasteiger partial charge is 0.385 e. The van der Waals surface area contributed by atoms with Crippen LogP contribution in [0.15, 0.2) is 0 Å². The molecule has 0 bridgehead atoms. The summed E-state index contributed by atoms with van der Waals surface area (Å²) in [4.78, 5) is 2.52. The molecule has 3 heteroatoms. The van der Waals surface area contributed by atoms with Crippen molar-refractivity contribution >= 4 is 11.6 Å². The van der Waals surface area contributed by atoms with Crippen molar-refractivity contribution in [2.45, 2.75) is 19.3 Å². The van der Waals surface area contributed by atoms with Crippen LogP contribution in [-0.4, -0.2) is 44.1 Å². The van der Waals surface area contributed by atoms with E-state index in [9.17, 15) is 0 Å². The van der Waals surface area contributed by atoms with Crippen molar-refractivity contribution in [2.75, 3.05) is 39.2 Å². The average molecular weight is 206 g/mol. The lowest BCUT2D eigenvalue weighted by molar-refractivity contribution is 0.187. The van der Waals surface area contributed by atoms with Crippen molar-refractivity contribution in [3.63, 3.8) is 0 Å². The monoisotopic (exact) mass is 205 g/mol. The summed E-state index contributed by atoms with van der Waals surface area (Å²) in [5.41, 5.74) is 0. The number of methoxy groups -OCH3 is 1. The second-order valence-corrected chi connectivity index (χ2v) is 4.12. The van der Waals surface area contributed by atoms with Gasteiger partial charge in [-0.15, -0.1) is 11.6 Å². The molecule has 1 aliphatic heterocycles. The van der Waals surface area contributed by atoms with Gasteiger partial charge in [-0.1, -0.05) is 0 Å². The summed E-state index contributed by atoms with van der Waals surface area (Å²) in [6.45, 7) is 4.56. The van der Waals surface area contributed by atoms with Gasteiger partial charge in [0.15, 0.2) is 0 Å². The van der Waals surface area contributed by atoms with E-state index in [4.69, 9.17) is 16.3 Å². The highest BCUT2D eigenvalue weighted by Gasteiger charge is 2.20. The summed E-state index contributed by atoms with van der Waals surface area (Å²) in [5, 5.41) is 0. The number of hydrogen-bond donors (Lipinski definition) is 0. The molecule has 1 rings (SSSR count). The first kappa shape index (κ1) is 11.3. The summed E-state index contributed by atoms with van der Waals surface area (Å²) in [6, 6.07) is 0. The zero-order valence-corrected chi connectivity index (χ0v) is 9.22. The van der Waals surface area contributed by atoms with Crippen LogP contribution in [0.1, 0.15) is 19.3 Å². The predicted molar refractivity (Wildman–Crippen MR) is 56.4 cm³/mol. The van der Waals surface area contributed by atoms with Crippen LogP contribution in [0.5, 0.6) is 0 Å². The first-order valence-corrected chi connectivity index (χ1v) is 5.67. The van der Waals surface area contributed by atoms with Gasteiger partial charge in [-0.25, -0.2) is 0 Å². The highest BCUT2D eigenvalue weighted by molar-refractivity contribution is 6.18. The van der Waals surface area contributed by atoms with E-state index in [1.54, 1.807) is 7.11 Å². The minimum absolute atomic E-state index is 0.740. The maximum atomic E-state index is 5.81. The highest BCUT2D eigenvalue weighted by atomic mass is 35.5. The molecular formula is C10H20ClNO. The standard InChI is InChI=1S/C10H20ClNO/c1-13-7-3-2-5-12-6-4-10(8-11)9-12/h10H,2-9H2,1H3.